The van der Waals surface area contributed by atoms with E-state index in [4.69, 9.17) is 0 Å². The van der Waals surface area contributed by atoms with Crippen molar-refractivity contribution in [2.45, 2.75) is 11.8 Å². The molecular weight excluding hydrogens is 330 g/mol. The maximum absolute atomic E-state index is 12.8. The van der Waals surface area contributed by atoms with E-state index in [2.05, 4.69) is 10.2 Å². The maximum Gasteiger partial charge on any atom is 0.266 e. The van der Waals surface area contributed by atoms with Crippen molar-refractivity contribution in [2.75, 3.05) is 10.8 Å². The lowest BCUT2D eigenvalue weighted by atomic mass is 10.1. The molecule has 0 unspecified atom stereocenters. The molecule has 0 fully saturated rings. The van der Waals surface area contributed by atoms with Gasteiger partial charge in [0.15, 0.2) is 0 Å². The third-order valence-electron chi connectivity index (χ3n) is 3.40. The average Bonchev–Trinajstić information content (AvgIpc) is 3.10. The van der Waals surface area contributed by atoms with Gasteiger partial charge >= 0.3 is 0 Å². The highest BCUT2D eigenvalue weighted by molar-refractivity contribution is 7.93. The summed E-state index contributed by atoms with van der Waals surface area (Å²) in [7, 11) is -3.63. The van der Waals surface area contributed by atoms with E-state index in [9.17, 15) is 8.42 Å². The molecule has 3 aromatic rings. The monoisotopic (exact) mass is 345 g/mol. The van der Waals surface area contributed by atoms with E-state index < -0.39 is 10.0 Å². The molecule has 5 nitrogen and oxygen atoms in total. The van der Waals surface area contributed by atoms with Crippen LogP contribution in [-0.2, 0) is 10.0 Å². The van der Waals surface area contributed by atoms with Gasteiger partial charge in [0.25, 0.3) is 10.0 Å². The molecule has 0 aliphatic heterocycles. The van der Waals surface area contributed by atoms with E-state index in [1.165, 1.54) is 21.2 Å². The number of hydrogen-bond acceptors (Lipinski definition) is 5. The zero-order valence-electron chi connectivity index (χ0n) is 12.5. The molecule has 0 saturated carbocycles. The van der Waals surface area contributed by atoms with Crippen LogP contribution in [0.5, 0.6) is 0 Å². The first-order valence-electron chi connectivity index (χ1n) is 7.07. The molecule has 118 valence electrons. The minimum atomic E-state index is -3.63. The van der Waals surface area contributed by atoms with E-state index in [-0.39, 0.29) is 4.90 Å². The molecule has 0 amide bonds. The van der Waals surface area contributed by atoms with Crippen LogP contribution < -0.4 is 4.31 Å². The molecule has 7 heteroatoms. The first kappa shape index (κ1) is 15.6. The topological polar surface area (TPSA) is 63.2 Å². The highest BCUT2D eigenvalue weighted by atomic mass is 32.2. The lowest BCUT2D eigenvalue weighted by molar-refractivity contribution is 0.591. The van der Waals surface area contributed by atoms with Gasteiger partial charge in [-0.2, -0.15) is 0 Å². The van der Waals surface area contributed by atoms with Gasteiger partial charge in [-0.1, -0.05) is 53.8 Å². The Labute approximate surface area is 139 Å². The number of hydrogen-bond donors (Lipinski definition) is 0. The first-order valence-corrected chi connectivity index (χ1v) is 9.39. The van der Waals surface area contributed by atoms with Crippen molar-refractivity contribution in [2.24, 2.45) is 0 Å². The third-order valence-corrected chi connectivity index (χ3v) is 6.11. The van der Waals surface area contributed by atoms with Crippen LogP contribution in [0.3, 0.4) is 0 Å². The number of rotatable bonds is 5. The maximum atomic E-state index is 12.8. The van der Waals surface area contributed by atoms with Crippen molar-refractivity contribution in [3.8, 4) is 11.1 Å². The number of sulfonamides is 1. The zero-order chi connectivity index (χ0) is 16.3. The Kier molecular flexibility index (Phi) is 4.40. The summed E-state index contributed by atoms with van der Waals surface area (Å²) in [4.78, 5) is 0.245. The van der Waals surface area contributed by atoms with Crippen molar-refractivity contribution in [1.29, 1.82) is 0 Å². The molecule has 1 heterocycles. The Hall–Kier alpha value is -2.25. The standard InChI is InChI=1S/C16H15N3O2S2/c1-2-19(16-18-17-12-22-16)23(20,21)15-10-8-14(9-11-15)13-6-4-3-5-7-13/h3-12H,2H2,1H3. The Morgan fingerprint density at radius 2 is 1.65 bits per heavy atom. The summed E-state index contributed by atoms with van der Waals surface area (Å²) in [6.45, 7) is 2.08. The quantitative estimate of drug-likeness (QED) is 0.711. The highest BCUT2D eigenvalue weighted by Gasteiger charge is 2.25. The van der Waals surface area contributed by atoms with Crippen molar-refractivity contribution in [3.63, 3.8) is 0 Å². The Balaban J connectivity index is 1.95. The molecule has 0 N–H and O–H groups in total. The first-order chi connectivity index (χ1) is 11.1. The summed E-state index contributed by atoms with van der Waals surface area (Å²) in [5.41, 5.74) is 3.54. The largest absolute Gasteiger partial charge is 0.266 e. The van der Waals surface area contributed by atoms with Crippen LogP contribution in [0.1, 0.15) is 6.92 Å². The van der Waals surface area contributed by atoms with Gasteiger partial charge in [-0.3, -0.25) is 0 Å². The summed E-state index contributed by atoms with van der Waals surface area (Å²) >= 11 is 1.20. The van der Waals surface area contributed by atoms with E-state index in [0.29, 0.717) is 11.7 Å². The lowest BCUT2D eigenvalue weighted by Gasteiger charge is -2.19. The van der Waals surface area contributed by atoms with Crippen molar-refractivity contribution in [3.05, 3.63) is 60.1 Å². The summed E-state index contributed by atoms with van der Waals surface area (Å²) in [6, 6.07) is 16.7. The number of anilines is 1. The summed E-state index contributed by atoms with van der Waals surface area (Å²) in [6.07, 6.45) is 0. The molecule has 23 heavy (non-hydrogen) atoms. The van der Waals surface area contributed by atoms with E-state index in [0.717, 1.165) is 11.1 Å². The smallest absolute Gasteiger partial charge is 0.240 e. The Bertz CT molecular complexity index is 861. The zero-order valence-corrected chi connectivity index (χ0v) is 14.1. The molecule has 0 radical (unpaired) electrons. The van der Waals surface area contributed by atoms with Crippen LogP contribution in [0, 0.1) is 0 Å². The fourth-order valence-corrected chi connectivity index (χ4v) is 4.53. The molecule has 0 aliphatic carbocycles. The lowest BCUT2D eigenvalue weighted by Crippen LogP contribution is -2.30. The SMILES string of the molecule is CCN(c1nncs1)S(=O)(=O)c1ccc(-c2ccccc2)cc1. The molecule has 0 atom stereocenters. The Morgan fingerprint density at radius 3 is 2.22 bits per heavy atom. The minimum Gasteiger partial charge on any atom is -0.240 e. The van der Waals surface area contributed by atoms with Gasteiger partial charge in [-0.05, 0) is 30.2 Å². The molecule has 1 aromatic heterocycles. The molecule has 0 bridgehead atoms. The van der Waals surface area contributed by atoms with Gasteiger partial charge in [0, 0.05) is 6.54 Å². The number of nitrogens with zero attached hydrogens (tertiary/aromatic N) is 3. The van der Waals surface area contributed by atoms with Crippen LogP contribution in [0.15, 0.2) is 65.0 Å². The Morgan fingerprint density at radius 1 is 1.00 bits per heavy atom. The van der Waals surface area contributed by atoms with Crippen LogP contribution >= 0.6 is 11.3 Å². The summed E-state index contributed by atoms with van der Waals surface area (Å²) in [5, 5.41) is 7.95. The average molecular weight is 345 g/mol. The molecule has 0 saturated heterocycles. The van der Waals surface area contributed by atoms with Crippen molar-refractivity contribution in [1.82, 2.24) is 10.2 Å². The third kappa shape index (κ3) is 3.11. The fraction of sp³-hybridized carbons (Fsp3) is 0.125. The predicted octanol–water partition coefficient (Wildman–Crippen LogP) is 3.42. The molecular formula is C16H15N3O2S2. The predicted molar refractivity (Wildman–Crippen MR) is 92.0 cm³/mol. The van der Waals surface area contributed by atoms with E-state index in [1.807, 2.05) is 42.5 Å². The van der Waals surface area contributed by atoms with Gasteiger partial charge < -0.3 is 0 Å². The van der Waals surface area contributed by atoms with Gasteiger partial charge in [-0.15, -0.1) is 10.2 Å². The number of benzene rings is 2. The number of aromatic nitrogens is 2. The molecule has 0 aliphatic rings. The van der Waals surface area contributed by atoms with Gasteiger partial charge in [0.05, 0.1) is 4.90 Å². The van der Waals surface area contributed by atoms with Crippen LogP contribution in [0.25, 0.3) is 11.1 Å². The molecule has 2 aromatic carbocycles. The van der Waals surface area contributed by atoms with Crippen molar-refractivity contribution < 1.29 is 8.42 Å². The second kappa shape index (κ2) is 6.47. The van der Waals surface area contributed by atoms with Crippen LogP contribution in [-0.4, -0.2) is 25.2 Å². The summed E-state index contributed by atoms with van der Waals surface area (Å²) < 4.78 is 26.8. The van der Waals surface area contributed by atoms with Crippen LogP contribution in [0.2, 0.25) is 0 Å². The van der Waals surface area contributed by atoms with E-state index in [1.54, 1.807) is 19.1 Å². The minimum absolute atomic E-state index is 0.245. The van der Waals surface area contributed by atoms with Gasteiger partial charge in [0.2, 0.25) is 5.13 Å². The second-order valence-electron chi connectivity index (χ2n) is 4.78. The van der Waals surface area contributed by atoms with Gasteiger partial charge in [-0.25, -0.2) is 12.7 Å². The van der Waals surface area contributed by atoms with Crippen LogP contribution in [0.4, 0.5) is 5.13 Å². The fourth-order valence-electron chi connectivity index (χ4n) is 2.26. The molecule has 0 spiro atoms. The van der Waals surface area contributed by atoms with Crippen molar-refractivity contribution >= 4 is 26.5 Å². The normalized spacial score (nSPS) is 11.3. The molecule has 3 rings (SSSR count). The van der Waals surface area contributed by atoms with E-state index >= 15 is 0 Å². The van der Waals surface area contributed by atoms with Gasteiger partial charge in [0.1, 0.15) is 5.51 Å². The second-order valence-corrected chi connectivity index (χ2v) is 7.46. The summed E-state index contributed by atoms with van der Waals surface area (Å²) in [5.74, 6) is 0. The highest BCUT2D eigenvalue weighted by Crippen LogP contribution is 2.26.